The van der Waals surface area contributed by atoms with Gasteiger partial charge in [-0.3, -0.25) is 4.79 Å². The van der Waals surface area contributed by atoms with Gasteiger partial charge in [0.1, 0.15) is 0 Å². The van der Waals surface area contributed by atoms with Gasteiger partial charge in [-0.25, -0.2) is 0 Å². The normalized spacial score (nSPS) is 23.5. The number of rotatable bonds is 6. The van der Waals surface area contributed by atoms with E-state index in [1.807, 2.05) is 0 Å². The molecule has 1 aliphatic heterocycles. The fraction of sp³-hybridized carbons (Fsp3) is 0.588. The molecule has 0 bridgehead atoms. The molecular weight excluding hydrogens is 300 g/mol. The predicted octanol–water partition coefficient (Wildman–Crippen LogP) is 2.36. The van der Waals surface area contributed by atoms with E-state index in [0.29, 0.717) is 10.9 Å². The van der Waals surface area contributed by atoms with Crippen molar-refractivity contribution >= 4 is 17.5 Å². The fourth-order valence-electron chi connectivity index (χ4n) is 3.11. The van der Waals surface area contributed by atoms with Gasteiger partial charge < -0.3 is 15.3 Å². The molecule has 2 unspecified atom stereocenters. The monoisotopic (exact) mass is 322 g/mol. The number of carbonyl (C=O) groups is 1. The highest BCUT2D eigenvalue weighted by Gasteiger charge is 2.34. The van der Waals surface area contributed by atoms with Crippen molar-refractivity contribution in [2.75, 3.05) is 19.6 Å². The summed E-state index contributed by atoms with van der Waals surface area (Å²) in [6.45, 7) is 2.98. The minimum Gasteiger partial charge on any atom is -0.388 e. The standard InChI is InChI=1S/C17H23ClN2O2/c18-14-3-1-13(2-4-14)16(21)9-17(22)19-10-12-7-8-20(11-12)15-5-6-15/h1-4,12,15-16,21H,5-11H2,(H,19,22). The molecule has 1 aliphatic carbocycles. The molecule has 1 saturated heterocycles. The lowest BCUT2D eigenvalue weighted by atomic mass is 10.1. The summed E-state index contributed by atoms with van der Waals surface area (Å²) in [5.74, 6) is 0.463. The highest BCUT2D eigenvalue weighted by molar-refractivity contribution is 6.30. The summed E-state index contributed by atoms with van der Waals surface area (Å²) >= 11 is 5.82. The number of carbonyl (C=O) groups excluding carboxylic acids is 1. The van der Waals surface area contributed by atoms with Crippen LogP contribution in [0.1, 0.15) is 37.4 Å². The van der Waals surface area contributed by atoms with Crippen LogP contribution < -0.4 is 5.32 Å². The third-order valence-corrected chi connectivity index (χ3v) is 4.85. The van der Waals surface area contributed by atoms with Crippen LogP contribution in [-0.4, -0.2) is 41.6 Å². The Morgan fingerprint density at radius 3 is 2.73 bits per heavy atom. The van der Waals surface area contributed by atoms with E-state index in [1.54, 1.807) is 24.3 Å². The zero-order valence-electron chi connectivity index (χ0n) is 12.7. The number of hydrogen-bond donors (Lipinski definition) is 2. The number of benzene rings is 1. The van der Waals surface area contributed by atoms with Gasteiger partial charge >= 0.3 is 0 Å². The molecule has 1 saturated carbocycles. The van der Waals surface area contributed by atoms with E-state index in [-0.39, 0.29) is 12.3 Å². The summed E-state index contributed by atoms with van der Waals surface area (Å²) in [6.07, 6.45) is 3.17. The molecule has 0 spiro atoms. The van der Waals surface area contributed by atoms with Gasteiger partial charge in [0.25, 0.3) is 0 Å². The quantitative estimate of drug-likeness (QED) is 0.845. The predicted molar refractivity (Wildman–Crippen MR) is 86.7 cm³/mol. The first kappa shape index (κ1) is 15.8. The number of amides is 1. The molecule has 2 aliphatic rings. The molecule has 1 aromatic rings. The van der Waals surface area contributed by atoms with Gasteiger partial charge in [0.05, 0.1) is 12.5 Å². The van der Waals surface area contributed by atoms with Crippen molar-refractivity contribution in [1.82, 2.24) is 10.2 Å². The van der Waals surface area contributed by atoms with Crippen LogP contribution in [-0.2, 0) is 4.79 Å². The Morgan fingerprint density at radius 1 is 1.32 bits per heavy atom. The van der Waals surface area contributed by atoms with Crippen molar-refractivity contribution in [3.05, 3.63) is 34.9 Å². The summed E-state index contributed by atoms with van der Waals surface area (Å²) in [4.78, 5) is 14.5. The van der Waals surface area contributed by atoms with Gasteiger partial charge in [-0.2, -0.15) is 0 Å². The SMILES string of the molecule is O=C(CC(O)c1ccc(Cl)cc1)NCC1CCN(C2CC2)C1. The maximum Gasteiger partial charge on any atom is 0.222 e. The summed E-state index contributed by atoms with van der Waals surface area (Å²) in [7, 11) is 0. The first-order chi connectivity index (χ1) is 10.6. The van der Waals surface area contributed by atoms with E-state index in [4.69, 9.17) is 11.6 Å². The Hall–Kier alpha value is -1.10. The van der Waals surface area contributed by atoms with Crippen molar-refractivity contribution in [2.45, 2.75) is 37.8 Å². The minimum atomic E-state index is -0.774. The zero-order valence-corrected chi connectivity index (χ0v) is 13.4. The Kier molecular flexibility index (Phi) is 5.01. The maximum atomic E-state index is 12.0. The van der Waals surface area contributed by atoms with Crippen LogP contribution >= 0.6 is 11.6 Å². The van der Waals surface area contributed by atoms with Gasteiger partial charge in [0, 0.05) is 24.2 Å². The molecule has 2 N–H and O–H groups in total. The molecule has 0 aromatic heterocycles. The average Bonchev–Trinajstić information content (AvgIpc) is 3.25. The van der Waals surface area contributed by atoms with Crippen molar-refractivity contribution in [3.8, 4) is 0 Å². The molecule has 2 fully saturated rings. The van der Waals surface area contributed by atoms with Crippen LogP contribution in [0.3, 0.4) is 0 Å². The Bertz CT molecular complexity index is 516. The second-order valence-electron chi connectivity index (χ2n) is 6.46. The molecule has 1 heterocycles. The van der Waals surface area contributed by atoms with E-state index < -0.39 is 6.10 Å². The van der Waals surface area contributed by atoms with Gasteiger partial charge in [-0.15, -0.1) is 0 Å². The lowest BCUT2D eigenvalue weighted by Gasteiger charge is -2.16. The van der Waals surface area contributed by atoms with E-state index in [1.165, 1.54) is 19.4 Å². The Balaban J connectivity index is 1.39. The van der Waals surface area contributed by atoms with Crippen LogP contribution in [0, 0.1) is 5.92 Å². The second-order valence-corrected chi connectivity index (χ2v) is 6.89. The van der Waals surface area contributed by atoms with Crippen LogP contribution in [0.4, 0.5) is 0 Å². The van der Waals surface area contributed by atoms with Gasteiger partial charge in [0.15, 0.2) is 0 Å². The molecule has 120 valence electrons. The largest absolute Gasteiger partial charge is 0.388 e. The summed E-state index contributed by atoms with van der Waals surface area (Å²) in [5.41, 5.74) is 0.723. The van der Waals surface area contributed by atoms with E-state index in [0.717, 1.165) is 31.1 Å². The first-order valence-electron chi connectivity index (χ1n) is 8.06. The average molecular weight is 323 g/mol. The smallest absolute Gasteiger partial charge is 0.222 e. The molecule has 2 atom stereocenters. The number of aliphatic hydroxyl groups excluding tert-OH is 1. The molecular formula is C17H23ClN2O2. The van der Waals surface area contributed by atoms with Crippen LogP contribution in [0.15, 0.2) is 24.3 Å². The lowest BCUT2D eigenvalue weighted by molar-refractivity contribution is -0.123. The number of halogens is 1. The molecule has 1 amide bonds. The summed E-state index contributed by atoms with van der Waals surface area (Å²) in [5, 5.41) is 13.7. The second kappa shape index (κ2) is 6.99. The van der Waals surface area contributed by atoms with Crippen molar-refractivity contribution in [1.29, 1.82) is 0 Å². The Labute approximate surface area is 136 Å². The molecule has 4 nitrogen and oxygen atoms in total. The van der Waals surface area contributed by atoms with Crippen LogP contribution in [0.2, 0.25) is 5.02 Å². The topological polar surface area (TPSA) is 52.6 Å². The number of hydrogen-bond acceptors (Lipinski definition) is 3. The fourth-order valence-corrected chi connectivity index (χ4v) is 3.24. The van der Waals surface area contributed by atoms with Crippen LogP contribution in [0.25, 0.3) is 0 Å². The number of nitrogens with zero attached hydrogens (tertiary/aromatic N) is 1. The van der Waals surface area contributed by atoms with E-state index in [2.05, 4.69) is 10.2 Å². The van der Waals surface area contributed by atoms with Gasteiger partial charge in [-0.1, -0.05) is 23.7 Å². The maximum absolute atomic E-state index is 12.0. The molecule has 3 rings (SSSR count). The molecule has 22 heavy (non-hydrogen) atoms. The van der Waals surface area contributed by atoms with E-state index >= 15 is 0 Å². The summed E-state index contributed by atoms with van der Waals surface area (Å²) < 4.78 is 0. The molecule has 0 radical (unpaired) electrons. The number of aliphatic hydroxyl groups is 1. The lowest BCUT2D eigenvalue weighted by Crippen LogP contribution is -2.32. The van der Waals surface area contributed by atoms with E-state index in [9.17, 15) is 9.90 Å². The molecule has 1 aromatic carbocycles. The third-order valence-electron chi connectivity index (χ3n) is 4.60. The van der Waals surface area contributed by atoms with Crippen molar-refractivity contribution in [2.24, 2.45) is 5.92 Å². The molecule has 5 heteroatoms. The number of nitrogens with one attached hydrogen (secondary N) is 1. The number of likely N-dealkylation sites (tertiary alicyclic amines) is 1. The third kappa shape index (κ3) is 4.22. The minimum absolute atomic E-state index is 0.0904. The van der Waals surface area contributed by atoms with Gasteiger partial charge in [0.2, 0.25) is 5.91 Å². The van der Waals surface area contributed by atoms with Crippen LogP contribution in [0.5, 0.6) is 0 Å². The zero-order chi connectivity index (χ0) is 15.5. The Morgan fingerprint density at radius 2 is 2.05 bits per heavy atom. The summed E-state index contributed by atoms with van der Waals surface area (Å²) in [6, 6.07) is 7.77. The van der Waals surface area contributed by atoms with Crippen molar-refractivity contribution < 1.29 is 9.90 Å². The first-order valence-corrected chi connectivity index (χ1v) is 8.44. The van der Waals surface area contributed by atoms with Gasteiger partial charge in [-0.05, 0) is 49.4 Å². The highest BCUT2D eigenvalue weighted by atomic mass is 35.5. The highest BCUT2D eigenvalue weighted by Crippen LogP contribution is 2.31. The van der Waals surface area contributed by atoms with Crippen molar-refractivity contribution in [3.63, 3.8) is 0 Å².